The molecule has 3 rings (SSSR count). The van der Waals surface area contributed by atoms with E-state index in [0.29, 0.717) is 12.6 Å². The molecule has 1 heterocycles. The minimum atomic E-state index is 0.303. The smallest absolute Gasteiger partial charge is 0.166 e. The van der Waals surface area contributed by atoms with Gasteiger partial charge in [0, 0.05) is 17.9 Å². The first-order valence-electron chi connectivity index (χ1n) is 6.77. The third-order valence-electron chi connectivity index (χ3n) is 3.38. The first kappa shape index (κ1) is 12.8. The molecule has 102 valence electrons. The molecule has 1 aliphatic carbocycles. The summed E-state index contributed by atoms with van der Waals surface area (Å²) >= 11 is 1.71. The van der Waals surface area contributed by atoms with Gasteiger partial charge in [-0.2, -0.15) is 0 Å². The summed E-state index contributed by atoms with van der Waals surface area (Å²) in [4.78, 5) is 7.89. The average Bonchev–Trinajstić information content (AvgIpc) is 3.17. The summed E-state index contributed by atoms with van der Waals surface area (Å²) in [6.45, 7) is 2.66. The van der Waals surface area contributed by atoms with Crippen molar-refractivity contribution in [2.24, 2.45) is 11.7 Å². The SMILES string of the molecule is CCOc1ccc2nc(SCC(N)C3CC3)[nH]c2c1. The normalized spacial score (nSPS) is 16.7. The summed E-state index contributed by atoms with van der Waals surface area (Å²) < 4.78 is 5.49. The molecule has 1 aromatic carbocycles. The zero-order valence-corrected chi connectivity index (χ0v) is 11.9. The molecule has 1 aliphatic rings. The number of nitrogens with one attached hydrogen (secondary N) is 1. The van der Waals surface area contributed by atoms with E-state index < -0.39 is 0 Å². The van der Waals surface area contributed by atoms with Crippen LogP contribution in [0.5, 0.6) is 5.75 Å². The Hall–Kier alpha value is -1.20. The number of fused-ring (bicyclic) bond motifs is 1. The minimum absolute atomic E-state index is 0.303. The van der Waals surface area contributed by atoms with Crippen molar-refractivity contribution >= 4 is 22.8 Å². The summed E-state index contributed by atoms with van der Waals surface area (Å²) in [5.74, 6) is 2.55. The molecular formula is C14H19N3OS. The molecule has 0 aliphatic heterocycles. The van der Waals surface area contributed by atoms with Gasteiger partial charge in [-0.25, -0.2) is 4.98 Å². The zero-order valence-electron chi connectivity index (χ0n) is 11.1. The number of benzene rings is 1. The van der Waals surface area contributed by atoms with Gasteiger partial charge >= 0.3 is 0 Å². The number of aromatic amines is 1. The predicted molar refractivity (Wildman–Crippen MR) is 78.7 cm³/mol. The number of nitrogens with two attached hydrogens (primary N) is 1. The zero-order chi connectivity index (χ0) is 13.2. The van der Waals surface area contributed by atoms with Gasteiger partial charge in [-0.05, 0) is 37.8 Å². The van der Waals surface area contributed by atoms with Gasteiger partial charge in [0.15, 0.2) is 5.16 Å². The molecule has 1 aromatic heterocycles. The van der Waals surface area contributed by atoms with Gasteiger partial charge in [-0.1, -0.05) is 11.8 Å². The maximum absolute atomic E-state index is 6.10. The molecule has 0 radical (unpaired) electrons. The number of imidazole rings is 1. The van der Waals surface area contributed by atoms with Crippen LogP contribution in [0.4, 0.5) is 0 Å². The molecule has 0 bridgehead atoms. The molecular weight excluding hydrogens is 258 g/mol. The molecule has 1 atom stereocenters. The summed E-state index contributed by atoms with van der Waals surface area (Å²) in [6.07, 6.45) is 2.58. The van der Waals surface area contributed by atoms with Gasteiger partial charge in [0.2, 0.25) is 0 Å². The van der Waals surface area contributed by atoms with Gasteiger partial charge in [0.1, 0.15) is 5.75 Å². The van der Waals surface area contributed by atoms with Gasteiger partial charge in [0.05, 0.1) is 17.6 Å². The Morgan fingerprint density at radius 1 is 1.53 bits per heavy atom. The monoisotopic (exact) mass is 277 g/mol. The molecule has 2 aromatic rings. The first-order valence-corrected chi connectivity index (χ1v) is 7.75. The second-order valence-electron chi connectivity index (χ2n) is 4.97. The van der Waals surface area contributed by atoms with E-state index in [1.807, 2.05) is 25.1 Å². The van der Waals surface area contributed by atoms with Crippen LogP contribution in [-0.4, -0.2) is 28.4 Å². The summed E-state index contributed by atoms with van der Waals surface area (Å²) in [7, 11) is 0. The van der Waals surface area contributed by atoms with Crippen LogP contribution in [0.25, 0.3) is 11.0 Å². The molecule has 3 N–H and O–H groups in total. The van der Waals surface area contributed by atoms with Crippen molar-refractivity contribution in [2.75, 3.05) is 12.4 Å². The fraction of sp³-hybridized carbons (Fsp3) is 0.500. The quantitative estimate of drug-likeness (QED) is 0.797. The highest BCUT2D eigenvalue weighted by atomic mass is 32.2. The predicted octanol–water partition coefficient (Wildman–Crippen LogP) is 2.79. The Morgan fingerprint density at radius 3 is 3.11 bits per heavy atom. The van der Waals surface area contributed by atoms with Crippen molar-refractivity contribution in [3.63, 3.8) is 0 Å². The number of ether oxygens (including phenoxy) is 1. The Balaban J connectivity index is 1.69. The van der Waals surface area contributed by atoms with Crippen molar-refractivity contribution in [3.8, 4) is 5.75 Å². The Morgan fingerprint density at radius 2 is 2.37 bits per heavy atom. The van der Waals surface area contributed by atoms with E-state index >= 15 is 0 Å². The Bertz CT molecular complexity index is 565. The Kier molecular flexibility index (Phi) is 3.66. The van der Waals surface area contributed by atoms with E-state index in [1.54, 1.807) is 11.8 Å². The van der Waals surface area contributed by atoms with Crippen LogP contribution in [0.3, 0.4) is 0 Å². The van der Waals surface area contributed by atoms with Crippen molar-refractivity contribution in [1.29, 1.82) is 0 Å². The standard InChI is InChI=1S/C14H19N3OS/c1-2-18-10-5-6-12-13(7-10)17-14(16-12)19-8-11(15)9-3-4-9/h5-7,9,11H,2-4,8,15H2,1H3,(H,16,17). The van der Waals surface area contributed by atoms with Crippen molar-refractivity contribution in [1.82, 2.24) is 9.97 Å². The van der Waals surface area contributed by atoms with Gasteiger partial charge < -0.3 is 15.5 Å². The number of nitrogens with zero attached hydrogens (tertiary/aromatic N) is 1. The topological polar surface area (TPSA) is 63.9 Å². The molecule has 5 heteroatoms. The number of hydrogen-bond acceptors (Lipinski definition) is 4. The fourth-order valence-corrected chi connectivity index (χ4v) is 3.09. The van der Waals surface area contributed by atoms with Crippen LogP contribution in [0, 0.1) is 5.92 Å². The molecule has 0 saturated heterocycles. The first-order chi connectivity index (χ1) is 9.26. The number of H-pyrrole nitrogens is 1. The van der Waals surface area contributed by atoms with Gasteiger partial charge in [0.25, 0.3) is 0 Å². The summed E-state index contributed by atoms with van der Waals surface area (Å²) in [5.41, 5.74) is 8.10. The van der Waals surface area contributed by atoms with E-state index in [2.05, 4.69) is 9.97 Å². The third kappa shape index (κ3) is 3.04. The lowest BCUT2D eigenvalue weighted by atomic mass is 10.2. The lowest BCUT2D eigenvalue weighted by Gasteiger charge is -2.07. The highest BCUT2D eigenvalue weighted by Crippen LogP contribution is 2.34. The van der Waals surface area contributed by atoms with E-state index in [1.165, 1.54) is 12.8 Å². The maximum atomic E-state index is 6.10. The number of aromatic nitrogens is 2. The lowest BCUT2D eigenvalue weighted by Crippen LogP contribution is -2.25. The van der Waals surface area contributed by atoms with Crippen LogP contribution in [-0.2, 0) is 0 Å². The van der Waals surface area contributed by atoms with Gasteiger partial charge in [-0.3, -0.25) is 0 Å². The molecule has 1 saturated carbocycles. The molecule has 1 unspecified atom stereocenters. The fourth-order valence-electron chi connectivity index (χ4n) is 2.13. The van der Waals surface area contributed by atoms with E-state index in [-0.39, 0.29) is 0 Å². The van der Waals surface area contributed by atoms with E-state index in [4.69, 9.17) is 10.5 Å². The lowest BCUT2D eigenvalue weighted by molar-refractivity contribution is 0.340. The van der Waals surface area contributed by atoms with Crippen LogP contribution >= 0.6 is 11.8 Å². The number of thioether (sulfide) groups is 1. The third-order valence-corrected chi connectivity index (χ3v) is 4.40. The number of rotatable bonds is 6. The van der Waals surface area contributed by atoms with E-state index in [0.717, 1.165) is 33.6 Å². The van der Waals surface area contributed by atoms with E-state index in [9.17, 15) is 0 Å². The molecule has 19 heavy (non-hydrogen) atoms. The molecule has 1 fully saturated rings. The van der Waals surface area contributed by atoms with Crippen molar-refractivity contribution in [3.05, 3.63) is 18.2 Å². The summed E-state index contributed by atoms with van der Waals surface area (Å²) in [5, 5.41) is 0.944. The average molecular weight is 277 g/mol. The van der Waals surface area contributed by atoms with Gasteiger partial charge in [-0.15, -0.1) is 0 Å². The highest BCUT2D eigenvalue weighted by molar-refractivity contribution is 7.99. The van der Waals surface area contributed by atoms with Crippen LogP contribution < -0.4 is 10.5 Å². The minimum Gasteiger partial charge on any atom is -0.494 e. The highest BCUT2D eigenvalue weighted by Gasteiger charge is 2.28. The molecule has 4 nitrogen and oxygen atoms in total. The Labute approximate surface area is 117 Å². The second kappa shape index (κ2) is 5.43. The summed E-state index contributed by atoms with van der Waals surface area (Å²) in [6, 6.07) is 6.24. The van der Waals surface area contributed by atoms with Crippen molar-refractivity contribution < 1.29 is 4.74 Å². The van der Waals surface area contributed by atoms with Crippen LogP contribution in [0.15, 0.2) is 23.4 Å². The van der Waals surface area contributed by atoms with Crippen LogP contribution in [0.2, 0.25) is 0 Å². The largest absolute Gasteiger partial charge is 0.494 e. The number of hydrogen-bond donors (Lipinski definition) is 2. The molecule has 0 spiro atoms. The van der Waals surface area contributed by atoms with Crippen LogP contribution in [0.1, 0.15) is 19.8 Å². The second-order valence-corrected chi connectivity index (χ2v) is 5.97. The molecule has 0 amide bonds. The maximum Gasteiger partial charge on any atom is 0.166 e. The van der Waals surface area contributed by atoms with Crippen molar-refractivity contribution in [2.45, 2.75) is 31.0 Å².